The van der Waals surface area contributed by atoms with E-state index in [1.807, 2.05) is 44.2 Å². The number of nitrogens with zero attached hydrogens (tertiary/aromatic N) is 2. The number of esters is 1. The van der Waals surface area contributed by atoms with E-state index in [0.29, 0.717) is 23.6 Å². The van der Waals surface area contributed by atoms with Gasteiger partial charge in [0.2, 0.25) is 0 Å². The number of anilines is 1. The highest BCUT2D eigenvalue weighted by atomic mass is 16.5. The van der Waals surface area contributed by atoms with E-state index >= 15 is 0 Å². The summed E-state index contributed by atoms with van der Waals surface area (Å²) >= 11 is 0. The summed E-state index contributed by atoms with van der Waals surface area (Å²) in [6.45, 7) is 4.54. The van der Waals surface area contributed by atoms with Gasteiger partial charge in [-0.15, -0.1) is 0 Å². The molecule has 1 amide bonds. The van der Waals surface area contributed by atoms with Gasteiger partial charge in [-0.25, -0.2) is 4.79 Å². The number of carbonyl (C=O) groups is 2. The highest BCUT2D eigenvalue weighted by Gasteiger charge is 2.15. The van der Waals surface area contributed by atoms with Gasteiger partial charge in [0.05, 0.1) is 31.1 Å². The molecule has 0 spiro atoms. The van der Waals surface area contributed by atoms with Crippen molar-refractivity contribution in [3.8, 4) is 5.75 Å². The molecule has 4 aromatic rings. The Morgan fingerprint density at radius 1 is 1.03 bits per heavy atom. The third kappa shape index (κ3) is 5.17. The number of amides is 1. The van der Waals surface area contributed by atoms with E-state index in [1.54, 1.807) is 35.1 Å². The van der Waals surface area contributed by atoms with Crippen molar-refractivity contribution in [2.75, 3.05) is 12.4 Å². The minimum Gasteiger partial charge on any atom is -0.485 e. The first-order chi connectivity index (χ1) is 16.4. The van der Waals surface area contributed by atoms with Crippen molar-refractivity contribution in [2.45, 2.75) is 27.0 Å². The lowest BCUT2D eigenvalue weighted by Gasteiger charge is -2.10. The third-order valence-electron chi connectivity index (χ3n) is 5.30. The van der Waals surface area contributed by atoms with E-state index in [0.717, 1.165) is 22.4 Å². The van der Waals surface area contributed by atoms with E-state index < -0.39 is 11.9 Å². The Balaban J connectivity index is 1.37. The number of carbonyl (C=O) groups excluding carboxylic acids is 2. The number of hydrogen-bond acceptors (Lipinski definition) is 6. The molecule has 0 aliphatic heterocycles. The van der Waals surface area contributed by atoms with Gasteiger partial charge in [0.15, 0.2) is 5.76 Å². The van der Waals surface area contributed by atoms with Crippen LogP contribution in [-0.4, -0.2) is 28.8 Å². The molecule has 2 aromatic heterocycles. The van der Waals surface area contributed by atoms with Crippen LogP contribution in [0.2, 0.25) is 0 Å². The molecule has 0 bridgehead atoms. The SMILES string of the molecule is COC(=O)c1ccccc1Cn1cc(NC(=O)c2ccc(COc3c(C)cccc3C)o2)cn1. The lowest BCUT2D eigenvalue weighted by molar-refractivity contribution is 0.0599. The summed E-state index contributed by atoms with van der Waals surface area (Å²) in [4.78, 5) is 24.6. The molecular weight excluding hydrogens is 434 g/mol. The summed E-state index contributed by atoms with van der Waals surface area (Å²) in [5.74, 6) is 0.720. The van der Waals surface area contributed by atoms with Crippen LogP contribution in [0.4, 0.5) is 5.69 Å². The topological polar surface area (TPSA) is 95.6 Å². The Morgan fingerprint density at radius 2 is 1.79 bits per heavy atom. The quantitative estimate of drug-likeness (QED) is 0.382. The number of para-hydroxylation sites is 1. The summed E-state index contributed by atoms with van der Waals surface area (Å²) in [7, 11) is 1.34. The van der Waals surface area contributed by atoms with Gasteiger partial charge in [-0.1, -0.05) is 36.4 Å². The predicted octanol–water partition coefficient (Wildman–Crippen LogP) is 4.76. The number of methoxy groups -OCH3 is 1. The van der Waals surface area contributed by atoms with Crippen molar-refractivity contribution < 1.29 is 23.5 Å². The maximum atomic E-state index is 12.6. The molecule has 174 valence electrons. The molecule has 0 saturated carbocycles. The van der Waals surface area contributed by atoms with Gasteiger partial charge < -0.3 is 19.2 Å². The van der Waals surface area contributed by atoms with Gasteiger partial charge >= 0.3 is 5.97 Å². The molecule has 0 unspecified atom stereocenters. The molecule has 2 heterocycles. The minimum atomic E-state index is -0.411. The second-order valence-electron chi connectivity index (χ2n) is 7.81. The van der Waals surface area contributed by atoms with Crippen LogP contribution >= 0.6 is 0 Å². The first-order valence-electron chi connectivity index (χ1n) is 10.7. The molecule has 1 N–H and O–H groups in total. The smallest absolute Gasteiger partial charge is 0.338 e. The fraction of sp³-hybridized carbons (Fsp3) is 0.192. The van der Waals surface area contributed by atoms with Crippen molar-refractivity contribution in [1.82, 2.24) is 9.78 Å². The van der Waals surface area contributed by atoms with Crippen LogP contribution in [0.1, 0.15) is 43.4 Å². The molecule has 0 saturated heterocycles. The summed E-state index contributed by atoms with van der Waals surface area (Å²) < 4.78 is 18.0. The van der Waals surface area contributed by atoms with Crippen LogP contribution in [0.5, 0.6) is 5.75 Å². The first-order valence-corrected chi connectivity index (χ1v) is 10.7. The van der Waals surface area contributed by atoms with Crippen LogP contribution in [0.25, 0.3) is 0 Å². The Hall–Kier alpha value is -4.33. The van der Waals surface area contributed by atoms with Crippen molar-refractivity contribution in [3.63, 3.8) is 0 Å². The molecule has 0 fully saturated rings. The zero-order valence-corrected chi connectivity index (χ0v) is 19.2. The zero-order valence-electron chi connectivity index (χ0n) is 19.2. The summed E-state index contributed by atoms with van der Waals surface area (Å²) in [6, 6.07) is 16.4. The lowest BCUT2D eigenvalue weighted by atomic mass is 10.1. The van der Waals surface area contributed by atoms with Crippen molar-refractivity contribution in [3.05, 3.63) is 101 Å². The molecule has 2 aromatic carbocycles. The molecule has 0 atom stereocenters. The van der Waals surface area contributed by atoms with Crippen LogP contribution in [-0.2, 0) is 17.9 Å². The molecule has 0 radical (unpaired) electrons. The van der Waals surface area contributed by atoms with Crippen molar-refractivity contribution in [1.29, 1.82) is 0 Å². The van der Waals surface area contributed by atoms with Gasteiger partial charge in [-0.2, -0.15) is 5.10 Å². The van der Waals surface area contributed by atoms with E-state index in [1.165, 1.54) is 13.3 Å². The minimum absolute atomic E-state index is 0.170. The summed E-state index contributed by atoms with van der Waals surface area (Å²) in [5.41, 5.74) is 3.81. The van der Waals surface area contributed by atoms with Crippen LogP contribution in [0, 0.1) is 13.8 Å². The van der Waals surface area contributed by atoms with Crippen molar-refractivity contribution in [2.24, 2.45) is 0 Å². The molecule has 34 heavy (non-hydrogen) atoms. The molecule has 0 aliphatic carbocycles. The number of nitrogens with one attached hydrogen (secondary N) is 1. The maximum Gasteiger partial charge on any atom is 0.338 e. The number of ether oxygens (including phenoxy) is 2. The summed E-state index contributed by atoms with van der Waals surface area (Å²) in [5, 5.41) is 7.04. The maximum absolute atomic E-state index is 12.6. The number of hydrogen-bond donors (Lipinski definition) is 1. The molecular formula is C26H25N3O5. The fourth-order valence-electron chi connectivity index (χ4n) is 3.60. The highest BCUT2D eigenvalue weighted by Crippen LogP contribution is 2.24. The van der Waals surface area contributed by atoms with Gasteiger partial charge in [-0.05, 0) is 48.7 Å². The van der Waals surface area contributed by atoms with E-state index in [-0.39, 0.29) is 12.4 Å². The molecule has 8 heteroatoms. The molecule has 4 rings (SSSR count). The second kappa shape index (κ2) is 10.1. The van der Waals surface area contributed by atoms with Crippen LogP contribution < -0.4 is 10.1 Å². The van der Waals surface area contributed by atoms with Gasteiger partial charge in [0.25, 0.3) is 5.91 Å². The Labute approximate surface area is 197 Å². The number of rotatable bonds is 8. The molecule has 0 aliphatic rings. The molecule has 8 nitrogen and oxygen atoms in total. The van der Waals surface area contributed by atoms with Crippen molar-refractivity contribution >= 4 is 17.6 Å². The number of benzene rings is 2. The van der Waals surface area contributed by atoms with Crippen LogP contribution in [0.15, 0.2) is 71.4 Å². The van der Waals surface area contributed by atoms with Crippen LogP contribution in [0.3, 0.4) is 0 Å². The highest BCUT2D eigenvalue weighted by molar-refractivity contribution is 6.02. The van der Waals surface area contributed by atoms with E-state index in [2.05, 4.69) is 10.4 Å². The average molecular weight is 460 g/mol. The largest absolute Gasteiger partial charge is 0.485 e. The predicted molar refractivity (Wildman–Crippen MR) is 126 cm³/mol. The lowest BCUT2D eigenvalue weighted by Crippen LogP contribution is -2.11. The Bertz CT molecular complexity index is 1300. The van der Waals surface area contributed by atoms with Gasteiger partial charge in [-0.3, -0.25) is 9.48 Å². The van der Waals surface area contributed by atoms with E-state index in [9.17, 15) is 9.59 Å². The number of aryl methyl sites for hydroxylation is 2. The van der Waals surface area contributed by atoms with Gasteiger partial charge in [0.1, 0.15) is 18.1 Å². The number of furan rings is 1. The monoisotopic (exact) mass is 459 g/mol. The second-order valence-corrected chi connectivity index (χ2v) is 7.81. The fourth-order valence-corrected chi connectivity index (χ4v) is 3.60. The Kier molecular flexibility index (Phi) is 6.77. The van der Waals surface area contributed by atoms with E-state index in [4.69, 9.17) is 13.9 Å². The first kappa shape index (κ1) is 22.8. The standard InChI is InChI=1S/C26H25N3O5/c1-17-7-6-8-18(2)24(17)33-16-21-11-12-23(34-21)25(30)28-20-13-27-29(15-20)14-19-9-4-5-10-22(19)26(31)32-3/h4-13,15H,14,16H2,1-3H3,(H,28,30). The third-order valence-corrected chi connectivity index (χ3v) is 5.30. The van der Waals surface area contributed by atoms with Gasteiger partial charge in [0, 0.05) is 6.20 Å². The average Bonchev–Trinajstić information content (AvgIpc) is 3.48. The number of aromatic nitrogens is 2. The summed E-state index contributed by atoms with van der Waals surface area (Å²) in [6.07, 6.45) is 3.21. The zero-order chi connectivity index (χ0) is 24.1. The normalized spacial score (nSPS) is 10.7. The Morgan fingerprint density at radius 3 is 2.56 bits per heavy atom.